The van der Waals surface area contributed by atoms with Gasteiger partial charge >= 0.3 is 6.09 Å². The Bertz CT molecular complexity index is 801. The molecule has 0 aliphatic carbocycles. The summed E-state index contributed by atoms with van der Waals surface area (Å²) in [6, 6.07) is 10.2. The monoisotopic (exact) mass is 343 g/mol. The van der Waals surface area contributed by atoms with Crippen molar-refractivity contribution in [1.29, 1.82) is 0 Å². The Morgan fingerprint density at radius 1 is 1.24 bits per heavy atom. The number of carbonyl (C=O) groups is 2. The third-order valence-electron chi connectivity index (χ3n) is 3.65. The van der Waals surface area contributed by atoms with Crippen LogP contribution in [-0.4, -0.2) is 42.0 Å². The Labute approximate surface area is 145 Å². The van der Waals surface area contributed by atoms with Crippen LogP contribution in [-0.2, 0) is 6.42 Å². The van der Waals surface area contributed by atoms with Gasteiger partial charge in [-0.15, -0.1) is 0 Å². The summed E-state index contributed by atoms with van der Waals surface area (Å²) in [6.45, 7) is 2.78. The van der Waals surface area contributed by atoms with Gasteiger partial charge in [0.15, 0.2) is 0 Å². The third-order valence-corrected chi connectivity index (χ3v) is 3.65. The van der Waals surface area contributed by atoms with E-state index >= 15 is 0 Å². The number of carbonyl (C=O) groups excluding carboxylic acids is 2. The van der Waals surface area contributed by atoms with E-state index in [1.165, 1.54) is 17.2 Å². The van der Waals surface area contributed by atoms with Gasteiger partial charge in [0, 0.05) is 26.3 Å². The van der Waals surface area contributed by atoms with E-state index in [0.717, 1.165) is 5.56 Å². The summed E-state index contributed by atoms with van der Waals surface area (Å²) in [5.74, 6) is 0.0302. The van der Waals surface area contributed by atoms with E-state index in [-0.39, 0.29) is 5.56 Å². The van der Waals surface area contributed by atoms with Crippen molar-refractivity contribution >= 4 is 12.0 Å². The second kappa shape index (κ2) is 8.68. The van der Waals surface area contributed by atoms with Gasteiger partial charge in [0.25, 0.3) is 11.5 Å². The van der Waals surface area contributed by atoms with Crippen molar-refractivity contribution in [2.24, 2.45) is 0 Å². The molecule has 0 aliphatic heterocycles. The van der Waals surface area contributed by atoms with E-state index in [0.29, 0.717) is 25.3 Å². The molecule has 7 heteroatoms. The molecule has 0 atom stereocenters. The fourth-order valence-electron chi connectivity index (χ4n) is 2.09. The first-order valence-electron chi connectivity index (χ1n) is 7.99. The van der Waals surface area contributed by atoms with Crippen LogP contribution in [0.5, 0.6) is 5.75 Å². The summed E-state index contributed by atoms with van der Waals surface area (Å²) in [4.78, 5) is 39.2. The lowest BCUT2D eigenvalue weighted by Crippen LogP contribution is -2.30. The molecule has 0 fully saturated rings. The van der Waals surface area contributed by atoms with Crippen molar-refractivity contribution in [2.45, 2.75) is 13.3 Å². The van der Waals surface area contributed by atoms with Crippen LogP contribution >= 0.6 is 0 Å². The van der Waals surface area contributed by atoms with Gasteiger partial charge in [-0.2, -0.15) is 0 Å². The summed E-state index contributed by atoms with van der Waals surface area (Å²) in [7, 11) is 1.66. The van der Waals surface area contributed by atoms with E-state index in [1.54, 1.807) is 31.3 Å². The summed E-state index contributed by atoms with van der Waals surface area (Å²) in [5, 5.41) is 2.70. The van der Waals surface area contributed by atoms with E-state index in [1.807, 2.05) is 13.0 Å². The molecule has 2 aromatic rings. The van der Waals surface area contributed by atoms with Crippen LogP contribution in [0.3, 0.4) is 0 Å². The minimum absolute atomic E-state index is 0.0767. The average Bonchev–Trinajstić information content (AvgIpc) is 2.61. The number of rotatable bonds is 6. The van der Waals surface area contributed by atoms with Crippen molar-refractivity contribution in [1.82, 2.24) is 15.2 Å². The fourth-order valence-corrected chi connectivity index (χ4v) is 2.09. The lowest BCUT2D eigenvalue weighted by Gasteiger charge is -2.14. The van der Waals surface area contributed by atoms with Crippen LogP contribution in [0.4, 0.5) is 4.79 Å². The van der Waals surface area contributed by atoms with Gasteiger partial charge in [0.1, 0.15) is 11.3 Å². The van der Waals surface area contributed by atoms with Crippen molar-refractivity contribution in [3.63, 3.8) is 0 Å². The lowest BCUT2D eigenvalue weighted by atomic mass is 10.1. The highest BCUT2D eigenvalue weighted by atomic mass is 16.6. The molecule has 0 spiro atoms. The normalized spacial score (nSPS) is 10.2. The number of aromatic amines is 1. The van der Waals surface area contributed by atoms with Gasteiger partial charge < -0.3 is 19.9 Å². The van der Waals surface area contributed by atoms with Gasteiger partial charge in [0.05, 0.1) is 0 Å². The van der Waals surface area contributed by atoms with Crippen LogP contribution in [0, 0.1) is 0 Å². The van der Waals surface area contributed by atoms with Crippen LogP contribution in [0.1, 0.15) is 22.8 Å². The highest BCUT2D eigenvalue weighted by Gasteiger charge is 2.10. The zero-order valence-corrected chi connectivity index (χ0v) is 14.2. The predicted octanol–water partition coefficient (Wildman–Crippen LogP) is 1.80. The maximum Gasteiger partial charge on any atom is 0.414 e. The lowest BCUT2D eigenvalue weighted by molar-refractivity contribution is 0.0952. The summed E-state index contributed by atoms with van der Waals surface area (Å²) in [6.07, 6.45) is 1.60. The Balaban J connectivity index is 1.90. The second-order valence-electron chi connectivity index (χ2n) is 5.45. The van der Waals surface area contributed by atoms with E-state index in [9.17, 15) is 14.4 Å². The highest BCUT2D eigenvalue weighted by molar-refractivity contribution is 5.93. The summed E-state index contributed by atoms with van der Waals surface area (Å²) in [5.41, 5.74) is 0.563. The molecule has 0 radical (unpaired) electrons. The molecule has 0 aliphatic rings. The molecule has 25 heavy (non-hydrogen) atoms. The number of H-pyrrole nitrogens is 1. The Hall–Kier alpha value is -3.09. The van der Waals surface area contributed by atoms with Gasteiger partial charge in [-0.3, -0.25) is 9.59 Å². The Morgan fingerprint density at radius 2 is 2.04 bits per heavy atom. The van der Waals surface area contributed by atoms with E-state index in [2.05, 4.69) is 10.3 Å². The van der Waals surface area contributed by atoms with Crippen LogP contribution < -0.4 is 15.6 Å². The number of benzene rings is 1. The zero-order valence-electron chi connectivity index (χ0n) is 14.2. The van der Waals surface area contributed by atoms with Crippen LogP contribution in [0.15, 0.2) is 47.4 Å². The first-order chi connectivity index (χ1) is 12.0. The number of hydrogen-bond acceptors (Lipinski definition) is 4. The topological polar surface area (TPSA) is 91.5 Å². The number of amides is 2. The number of pyridine rings is 1. The standard InChI is InChI=1S/C18H21N3O4/c1-3-21(2)18(24)25-14-7-4-6-13(12-14)9-11-20-17(23)15-8-5-10-19-16(15)22/h4-8,10,12H,3,9,11H2,1-2H3,(H,19,22)(H,20,23). The molecule has 1 aromatic heterocycles. The molecule has 2 N–H and O–H groups in total. The molecule has 2 amide bonds. The fraction of sp³-hybridized carbons (Fsp3) is 0.278. The molecule has 0 saturated heterocycles. The maximum atomic E-state index is 12.0. The molecule has 1 heterocycles. The number of nitrogens with zero attached hydrogens (tertiary/aromatic N) is 1. The van der Waals surface area contributed by atoms with E-state index < -0.39 is 17.6 Å². The van der Waals surface area contributed by atoms with Crippen molar-refractivity contribution < 1.29 is 14.3 Å². The second-order valence-corrected chi connectivity index (χ2v) is 5.45. The highest BCUT2D eigenvalue weighted by Crippen LogP contribution is 2.14. The number of ether oxygens (including phenoxy) is 1. The molecule has 0 unspecified atom stereocenters. The first-order valence-corrected chi connectivity index (χ1v) is 7.99. The number of hydrogen-bond donors (Lipinski definition) is 2. The van der Waals surface area contributed by atoms with Crippen molar-refractivity contribution in [2.75, 3.05) is 20.1 Å². The minimum atomic E-state index is -0.422. The van der Waals surface area contributed by atoms with Gasteiger partial charge in [-0.25, -0.2) is 4.79 Å². The predicted molar refractivity (Wildman–Crippen MR) is 93.9 cm³/mol. The number of aromatic nitrogens is 1. The van der Waals surface area contributed by atoms with Gasteiger partial charge in [-0.05, 0) is 43.2 Å². The van der Waals surface area contributed by atoms with Crippen LogP contribution in [0.25, 0.3) is 0 Å². The van der Waals surface area contributed by atoms with Crippen molar-refractivity contribution in [3.8, 4) is 5.75 Å². The third kappa shape index (κ3) is 5.20. The minimum Gasteiger partial charge on any atom is -0.410 e. The average molecular weight is 343 g/mol. The smallest absolute Gasteiger partial charge is 0.410 e. The molecule has 1 aromatic carbocycles. The van der Waals surface area contributed by atoms with Crippen molar-refractivity contribution in [3.05, 3.63) is 64.1 Å². The zero-order chi connectivity index (χ0) is 18.2. The van der Waals surface area contributed by atoms with Gasteiger partial charge in [-0.1, -0.05) is 12.1 Å². The summed E-state index contributed by atoms with van der Waals surface area (Å²) < 4.78 is 5.27. The molecular formula is C18H21N3O4. The molecule has 0 bridgehead atoms. The van der Waals surface area contributed by atoms with Gasteiger partial charge in [0.2, 0.25) is 0 Å². The Kier molecular flexibility index (Phi) is 6.33. The molecule has 132 valence electrons. The largest absolute Gasteiger partial charge is 0.414 e. The SMILES string of the molecule is CCN(C)C(=O)Oc1cccc(CCNC(=O)c2ccc[nH]c2=O)c1. The molecule has 0 saturated carbocycles. The van der Waals surface area contributed by atoms with Crippen LogP contribution in [0.2, 0.25) is 0 Å². The number of nitrogens with one attached hydrogen (secondary N) is 2. The Morgan fingerprint density at radius 3 is 2.76 bits per heavy atom. The van der Waals surface area contributed by atoms with E-state index in [4.69, 9.17) is 4.74 Å². The molecule has 2 rings (SSSR count). The molecular weight excluding hydrogens is 322 g/mol. The maximum absolute atomic E-state index is 12.0. The first kappa shape index (κ1) is 18.3. The molecule has 7 nitrogen and oxygen atoms in total. The quantitative estimate of drug-likeness (QED) is 0.837. The summed E-state index contributed by atoms with van der Waals surface area (Å²) >= 11 is 0.